The second-order valence-electron chi connectivity index (χ2n) is 4.92. The fourth-order valence-corrected chi connectivity index (χ4v) is 3.08. The maximum atomic E-state index is 13.6. The number of anilines is 1. The van der Waals surface area contributed by atoms with Gasteiger partial charge in [-0.3, -0.25) is 0 Å². The fraction of sp³-hybridized carbons (Fsp3) is 0.0667. The van der Waals surface area contributed by atoms with Crippen LogP contribution in [0.25, 0.3) is 0 Å². The number of halogens is 2. The molecule has 2 aromatic carbocycles. The lowest BCUT2D eigenvalue weighted by molar-refractivity contribution is 0.584. The van der Waals surface area contributed by atoms with Gasteiger partial charge in [0.15, 0.2) is 0 Å². The second kappa shape index (κ2) is 6.58. The van der Waals surface area contributed by atoms with E-state index in [-0.39, 0.29) is 23.2 Å². The summed E-state index contributed by atoms with van der Waals surface area (Å²) >= 11 is 5.74. The standard InChI is InChI=1S/C15H12ClFN4O2S/c16-12-5-7-13(8-6-12)24(22,23)20-15-18-10-21(19-15)9-11-3-1-2-4-14(11)17/h1-8,10H,9H2,(H,19,20). The molecule has 1 heterocycles. The van der Waals surface area contributed by atoms with Gasteiger partial charge in [0, 0.05) is 10.6 Å². The first kappa shape index (κ1) is 16.4. The molecule has 0 aliphatic heterocycles. The van der Waals surface area contributed by atoms with Crippen LogP contribution < -0.4 is 4.72 Å². The first-order valence-electron chi connectivity index (χ1n) is 6.85. The molecule has 0 bridgehead atoms. The first-order valence-corrected chi connectivity index (χ1v) is 8.71. The summed E-state index contributed by atoms with van der Waals surface area (Å²) in [5, 5.41) is 4.43. The summed E-state index contributed by atoms with van der Waals surface area (Å²) < 4.78 is 41.7. The van der Waals surface area contributed by atoms with Gasteiger partial charge in [-0.05, 0) is 30.3 Å². The van der Waals surface area contributed by atoms with Crippen molar-refractivity contribution >= 4 is 27.6 Å². The average molecular weight is 367 g/mol. The van der Waals surface area contributed by atoms with E-state index in [1.165, 1.54) is 41.3 Å². The monoisotopic (exact) mass is 366 g/mol. The van der Waals surface area contributed by atoms with Gasteiger partial charge in [0.2, 0.25) is 0 Å². The van der Waals surface area contributed by atoms with Gasteiger partial charge in [0.05, 0.1) is 11.4 Å². The first-order chi connectivity index (χ1) is 11.4. The van der Waals surface area contributed by atoms with Crippen LogP contribution in [-0.4, -0.2) is 23.2 Å². The average Bonchev–Trinajstić information content (AvgIpc) is 2.96. The van der Waals surface area contributed by atoms with E-state index in [2.05, 4.69) is 14.8 Å². The highest BCUT2D eigenvalue weighted by atomic mass is 35.5. The molecule has 1 aromatic heterocycles. The summed E-state index contributed by atoms with van der Waals surface area (Å²) in [6, 6.07) is 12.0. The van der Waals surface area contributed by atoms with Gasteiger partial charge in [-0.2, -0.15) is 4.98 Å². The normalized spacial score (nSPS) is 11.4. The minimum absolute atomic E-state index is 0.0392. The number of sulfonamides is 1. The lowest BCUT2D eigenvalue weighted by Gasteiger charge is -2.05. The van der Waals surface area contributed by atoms with Crippen molar-refractivity contribution in [1.82, 2.24) is 14.8 Å². The molecule has 6 nitrogen and oxygen atoms in total. The highest BCUT2D eigenvalue weighted by molar-refractivity contribution is 7.92. The van der Waals surface area contributed by atoms with Crippen LogP contribution in [0.4, 0.5) is 10.3 Å². The van der Waals surface area contributed by atoms with Crippen molar-refractivity contribution in [3.05, 3.63) is 71.3 Å². The Bertz CT molecular complexity index is 958. The third kappa shape index (κ3) is 3.72. The van der Waals surface area contributed by atoms with E-state index in [9.17, 15) is 12.8 Å². The van der Waals surface area contributed by atoms with E-state index in [1.54, 1.807) is 18.2 Å². The number of rotatable bonds is 5. The van der Waals surface area contributed by atoms with Crippen LogP contribution in [0.15, 0.2) is 59.8 Å². The van der Waals surface area contributed by atoms with E-state index in [4.69, 9.17) is 11.6 Å². The Balaban J connectivity index is 1.76. The number of hydrogen-bond donors (Lipinski definition) is 1. The zero-order valence-electron chi connectivity index (χ0n) is 12.2. The van der Waals surface area contributed by atoms with Gasteiger partial charge in [-0.1, -0.05) is 29.8 Å². The summed E-state index contributed by atoms with van der Waals surface area (Å²) in [4.78, 5) is 3.92. The van der Waals surface area contributed by atoms with Crippen LogP contribution in [-0.2, 0) is 16.6 Å². The SMILES string of the molecule is O=S(=O)(Nc1ncn(Cc2ccccc2F)n1)c1ccc(Cl)cc1. The summed E-state index contributed by atoms with van der Waals surface area (Å²) in [7, 11) is -3.82. The molecule has 0 saturated heterocycles. The van der Waals surface area contributed by atoms with Crippen molar-refractivity contribution in [1.29, 1.82) is 0 Å². The van der Waals surface area contributed by atoms with E-state index in [1.807, 2.05) is 0 Å². The molecule has 0 atom stereocenters. The molecular weight excluding hydrogens is 355 g/mol. The zero-order valence-corrected chi connectivity index (χ0v) is 13.8. The molecule has 1 N–H and O–H groups in total. The van der Waals surface area contributed by atoms with Crippen molar-refractivity contribution in [2.45, 2.75) is 11.4 Å². The molecule has 0 unspecified atom stereocenters. The molecular formula is C15H12ClFN4O2S. The summed E-state index contributed by atoms with van der Waals surface area (Å²) in [6.45, 7) is 0.141. The van der Waals surface area contributed by atoms with Crippen LogP contribution in [0.3, 0.4) is 0 Å². The largest absolute Gasteiger partial charge is 0.264 e. The molecule has 9 heteroatoms. The molecule has 0 radical (unpaired) electrons. The fourth-order valence-electron chi connectivity index (χ4n) is 2.01. The number of benzene rings is 2. The number of nitrogens with zero attached hydrogens (tertiary/aromatic N) is 3. The smallest absolute Gasteiger partial charge is 0.246 e. The topological polar surface area (TPSA) is 76.9 Å². The van der Waals surface area contributed by atoms with Gasteiger partial charge < -0.3 is 0 Å². The molecule has 24 heavy (non-hydrogen) atoms. The predicted octanol–water partition coefficient (Wildman–Crippen LogP) is 2.92. The maximum Gasteiger partial charge on any atom is 0.264 e. The minimum Gasteiger partial charge on any atom is -0.246 e. The third-order valence-corrected chi connectivity index (χ3v) is 4.77. The van der Waals surface area contributed by atoms with Gasteiger partial charge in [-0.25, -0.2) is 22.2 Å². The van der Waals surface area contributed by atoms with Crippen LogP contribution in [0.2, 0.25) is 5.02 Å². The number of aromatic nitrogens is 3. The van der Waals surface area contributed by atoms with Crippen LogP contribution >= 0.6 is 11.6 Å². The molecule has 3 rings (SSSR count). The molecule has 0 amide bonds. The minimum atomic E-state index is -3.82. The Kier molecular flexibility index (Phi) is 4.50. The molecule has 0 spiro atoms. The van der Waals surface area contributed by atoms with Crippen molar-refractivity contribution in [3.8, 4) is 0 Å². The van der Waals surface area contributed by atoms with E-state index in [0.29, 0.717) is 10.6 Å². The highest BCUT2D eigenvalue weighted by Crippen LogP contribution is 2.16. The van der Waals surface area contributed by atoms with E-state index >= 15 is 0 Å². The molecule has 0 fully saturated rings. The molecule has 0 saturated carbocycles. The Morgan fingerprint density at radius 1 is 1.12 bits per heavy atom. The van der Waals surface area contributed by atoms with Gasteiger partial charge >= 0.3 is 0 Å². The van der Waals surface area contributed by atoms with Crippen molar-refractivity contribution in [3.63, 3.8) is 0 Å². The maximum absolute atomic E-state index is 13.6. The number of hydrogen-bond acceptors (Lipinski definition) is 4. The Morgan fingerprint density at radius 2 is 1.83 bits per heavy atom. The van der Waals surface area contributed by atoms with Gasteiger partial charge in [-0.15, -0.1) is 5.10 Å². The Labute approximate surface area is 143 Å². The predicted molar refractivity (Wildman–Crippen MR) is 87.8 cm³/mol. The summed E-state index contributed by atoms with van der Waals surface area (Å²) in [5.74, 6) is -0.461. The highest BCUT2D eigenvalue weighted by Gasteiger charge is 2.16. The second-order valence-corrected chi connectivity index (χ2v) is 7.04. The van der Waals surface area contributed by atoms with Crippen molar-refractivity contribution < 1.29 is 12.8 Å². The molecule has 124 valence electrons. The molecule has 0 aliphatic rings. The van der Waals surface area contributed by atoms with Gasteiger partial charge in [0.25, 0.3) is 16.0 Å². The lowest BCUT2D eigenvalue weighted by atomic mass is 10.2. The van der Waals surface area contributed by atoms with Crippen LogP contribution in [0.1, 0.15) is 5.56 Å². The van der Waals surface area contributed by atoms with Crippen LogP contribution in [0.5, 0.6) is 0 Å². The quantitative estimate of drug-likeness (QED) is 0.753. The molecule has 0 aliphatic carbocycles. The van der Waals surface area contributed by atoms with Crippen molar-refractivity contribution in [2.75, 3.05) is 4.72 Å². The summed E-state index contributed by atoms with van der Waals surface area (Å²) in [6.07, 6.45) is 1.33. The zero-order chi connectivity index (χ0) is 17.2. The lowest BCUT2D eigenvalue weighted by Crippen LogP contribution is -2.14. The summed E-state index contributed by atoms with van der Waals surface area (Å²) in [5.41, 5.74) is 0.425. The number of nitrogens with one attached hydrogen (secondary N) is 1. The van der Waals surface area contributed by atoms with Crippen molar-refractivity contribution in [2.24, 2.45) is 0 Å². The van der Waals surface area contributed by atoms with E-state index in [0.717, 1.165) is 0 Å². The Hall–Kier alpha value is -2.45. The van der Waals surface area contributed by atoms with Crippen LogP contribution in [0, 0.1) is 5.82 Å². The molecule has 3 aromatic rings. The Morgan fingerprint density at radius 3 is 2.54 bits per heavy atom. The third-order valence-electron chi connectivity index (χ3n) is 3.18. The van der Waals surface area contributed by atoms with E-state index < -0.39 is 10.0 Å². The van der Waals surface area contributed by atoms with Gasteiger partial charge in [0.1, 0.15) is 12.1 Å².